The maximum Gasteiger partial charge on any atom is 0.329 e. The summed E-state index contributed by atoms with van der Waals surface area (Å²) >= 11 is 0. The summed E-state index contributed by atoms with van der Waals surface area (Å²) in [6.07, 6.45) is 2.26. The highest BCUT2D eigenvalue weighted by molar-refractivity contribution is 7.84. The first-order chi connectivity index (χ1) is 8.41. The Kier molecular flexibility index (Phi) is 9.21. The predicted molar refractivity (Wildman–Crippen MR) is 68.0 cm³/mol. The molecule has 106 valence electrons. The summed E-state index contributed by atoms with van der Waals surface area (Å²) in [4.78, 5) is 21.4. The second-order valence-electron chi connectivity index (χ2n) is 3.81. The van der Waals surface area contributed by atoms with Crippen molar-refractivity contribution in [2.45, 2.75) is 19.4 Å². The zero-order chi connectivity index (χ0) is 14.0. The molecule has 0 saturated heterocycles. The summed E-state index contributed by atoms with van der Waals surface area (Å²) in [5.41, 5.74) is 0. The predicted octanol–water partition coefficient (Wildman–Crippen LogP) is -0.456. The van der Waals surface area contributed by atoms with E-state index in [1.54, 1.807) is 6.26 Å². The minimum absolute atomic E-state index is 0.0613. The van der Waals surface area contributed by atoms with Crippen molar-refractivity contribution in [3.05, 3.63) is 0 Å². The second-order valence-corrected chi connectivity index (χ2v) is 5.37. The van der Waals surface area contributed by atoms with Crippen molar-refractivity contribution >= 4 is 22.8 Å². The van der Waals surface area contributed by atoms with E-state index in [0.29, 0.717) is 12.2 Å². The van der Waals surface area contributed by atoms with E-state index >= 15 is 0 Å². The van der Waals surface area contributed by atoms with Crippen LogP contribution in [0.25, 0.3) is 0 Å². The summed E-state index contributed by atoms with van der Waals surface area (Å²) in [5.74, 6) is -0.496. The number of hydrogen-bond acceptors (Lipinski definition) is 4. The van der Waals surface area contributed by atoms with Crippen LogP contribution in [0.2, 0.25) is 0 Å². The highest BCUT2D eigenvalue weighted by atomic mass is 32.2. The molecule has 0 saturated carbocycles. The van der Waals surface area contributed by atoms with E-state index in [1.807, 2.05) is 6.92 Å². The van der Waals surface area contributed by atoms with Gasteiger partial charge in [-0.3, -0.25) is 4.21 Å². The van der Waals surface area contributed by atoms with E-state index in [1.165, 1.54) is 0 Å². The van der Waals surface area contributed by atoms with Gasteiger partial charge in [0.1, 0.15) is 6.61 Å². The number of ether oxygens (including phenoxy) is 1. The Bertz CT molecular complexity index is 298. The minimum atomic E-state index is -1.04. The van der Waals surface area contributed by atoms with Gasteiger partial charge < -0.3 is 20.5 Å². The highest BCUT2D eigenvalue weighted by Gasteiger charge is 2.07. The summed E-state index contributed by atoms with van der Waals surface area (Å²) in [5, 5.41) is 13.5. The number of aliphatic carboxylic acids is 1. The number of nitrogens with one attached hydrogen (secondary N) is 2. The minimum Gasteiger partial charge on any atom is -0.480 e. The number of carboxylic acids is 1. The molecule has 0 spiro atoms. The Morgan fingerprint density at radius 3 is 2.67 bits per heavy atom. The first-order valence-electron chi connectivity index (χ1n) is 5.55. The molecule has 0 aromatic carbocycles. The van der Waals surface area contributed by atoms with Gasteiger partial charge in [-0.15, -0.1) is 0 Å². The molecular formula is C10H20N2O5S. The van der Waals surface area contributed by atoms with Crippen LogP contribution < -0.4 is 10.6 Å². The topological polar surface area (TPSA) is 105 Å². The number of carboxylic acid groups (broad SMARTS) is 1. The first kappa shape index (κ1) is 16.9. The van der Waals surface area contributed by atoms with Crippen LogP contribution in [0.3, 0.4) is 0 Å². The quantitative estimate of drug-likeness (QED) is 0.496. The molecule has 7 nitrogen and oxygen atoms in total. The Morgan fingerprint density at radius 2 is 2.11 bits per heavy atom. The fourth-order valence-corrected chi connectivity index (χ4v) is 1.77. The molecule has 2 amide bonds. The zero-order valence-corrected chi connectivity index (χ0v) is 11.4. The lowest BCUT2D eigenvalue weighted by Gasteiger charge is -2.13. The molecule has 0 bridgehead atoms. The van der Waals surface area contributed by atoms with Gasteiger partial charge >= 0.3 is 12.0 Å². The van der Waals surface area contributed by atoms with E-state index in [9.17, 15) is 13.8 Å². The van der Waals surface area contributed by atoms with Crippen molar-refractivity contribution in [2.24, 2.45) is 0 Å². The number of amides is 2. The lowest BCUT2D eigenvalue weighted by atomic mass is 10.3. The van der Waals surface area contributed by atoms with Gasteiger partial charge in [-0.1, -0.05) is 0 Å². The SMILES string of the molecule is CC(CCS(C)=O)NC(=O)NCCOCC(=O)O. The van der Waals surface area contributed by atoms with E-state index in [-0.39, 0.29) is 31.8 Å². The monoisotopic (exact) mass is 280 g/mol. The third-order valence-electron chi connectivity index (χ3n) is 1.97. The maximum atomic E-state index is 11.3. The number of carbonyl (C=O) groups is 2. The van der Waals surface area contributed by atoms with Crippen molar-refractivity contribution in [1.82, 2.24) is 10.6 Å². The number of hydrogen-bond donors (Lipinski definition) is 3. The Labute approximate surface area is 109 Å². The normalized spacial score (nSPS) is 13.7. The molecule has 0 aliphatic heterocycles. The summed E-state index contributed by atoms with van der Waals surface area (Å²) in [7, 11) is -0.861. The van der Waals surface area contributed by atoms with Crippen molar-refractivity contribution < 1.29 is 23.6 Å². The lowest BCUT2D eigenvalue weighted by Crippen LogP contribution is -2.42. The van der Waals surface area contributed by atoms with Crippen molar-refractivity contribution in [2.75, 3.05) is 31.8 Å². The van der Waals surface area contributed by atoms with Crippen LogP contribution in [0.15, 0.2) is 0 Å². The summed E-state index contributed by atoms with van der Waals surface area (Å²) in [6.45, 7) is 1.84. The lowest BCUT2D eigenvalue weighted by molar-refractivity contribution is -0.142. The van der Waals surface area contributed by atoms with Crippen LogP contribution >= 0.6 is 0 Å². The van der Waals surface area contributed by atoms with Crippen LogP contribution in [-0.2, 0) is 20.3 Å². The van der Waals surface area contributed by atoms with Gasteiger partial charge in [0, 0.05) is 35.4 Å². The largest absolute Gasteiger partial charge is 0.480 e. The number of carbonyl (C=O) groups excluding carboxylic acids is 1. The summed E-state index contributed by atoms with van der Waals surface area (Å²) in [6, 6.07) is -0.405. The first-order valence-corrected chi connectivity index (χ1v) is 7.28. The smallest absolute Gasteiger partial charge is 0.329 e. The van der Waals surface area contributed by atoms with E-state index in [0.717, 1.165) is 0 Å². The van der Waals surface area contributed by atoms with Gasteiger partial charge in [-0.05, 0) is 13.3 Å². The molecule has 0 radical (unpaired) electrons. The van der Waals surface area contributed by atoms with E-state index in [2.05, 4.69) is 10.6 Å². The fraction of sp³-hybridized carbons (Fsp3) is 0.800. The molecule has 0 heterocycles. The molecule has 0 aromatic heterocycles. The van der Waals surface area contributed by atoms with Crippen molar-refractivity contribution in [1.29, 1.82) is 0 Å². The van der Waals surface area contributed by atoms with Crippen LogP contribution in [0.4, 0.5) is 4.79 Å². The molecule has 0 rings (SSSR count). The average molecular weight is 280 g/mol. The summed E-state index contributed by atoms with van der Waals surface area (Å²) < 4.78 is 15.6. The van der Waals surface area contributed by atoms with Crippen molar-refractivity contribution in [3.63, 3.8) is 0 Å². The van der Waals surface area contributed by atoms with Crippen LogP contribution in [0.1, 0.15) is 13.3 Å². The molecule has 2 unspecified atom stereocenters. The third kappa shape index (κ3) is 11.3. The zero-order valence-electron chi connectivity index (χ0n) is 10.6. The average Bonchev–Trinajstić information content (AvgIpc) is 2.25. The Balaban J connectivity index is 3.52. The standard InChI is InChI=1S/C10H20N2O5S/c1-8(3-6-18(2)16)12-10(15)11-4-5-17-7-9(13)14/h8H,3-7H2,1-2H3,(H,13,14)(H2,11,12,15). The van der Waals surface area contributed by atoms with Gasteiger partial charge in [0.05, 0.1) is 6.61 Å². The molecular weight excluding hydrogens is 260 g/mol. The van der Waals surface area contributed by atoms with E-state index < -0.39 is 16.8 Å². The Hall–Kier alpha value is -1.15. The molecule has 0 fully saturated rings. The molecule has 0 aliphatic rings. The molecule has 8 heteroatoms. The Morgan fingerprint density at radius 1 is 1.44 bits per heavy atom. The highest BCUT2D eigenvalue weighted by Crippen LogP contribution is 1.92. The fourth-order valence-electron chi connectivity index (χ4n) is 1.09. The van der Waals surface area contributed by atoms with Crippen LogP contribution in [0, 0.1) is 0 Å². The number of rotatable bonds is 9. The molecule has 2 atom stereocenters. The van der Waals surface area contributed by atoms with Crippen molar-refractivity contribution in [3.8, 4) is 0 Å². The van der Waals surface area contributed by atoms with Crippen LogP contribution in [-0.4, -0.2) is 59.1 Å². The molecule has 0 aromatic rings. The van der Waals surface area contributed by atoms with Gasteiger partial charge in [0.2, 0.25) is 0 Å². The van der Waals surface area contributed by atoms with Gasteiger partial charge in [-0.2, -0.15) is 0 Å². The third-order valence-corrected chi connectivity index (χ3v) is 2.78. The molecule has 0 aliphatic carbocycles. The molecule has 18 heavy (non-hydrogen) atoms. The second kappa shape index (κ2) is 9.84. The van der Waals surface area contributed by atoms with E-state index in [4.69, 9.17) is 9.84 Å². The van der Waals surface area contributed by atoms with Crippen LogP contribution in [0.5, 0.6) is 0 Å². The van der Waals surface area contributed by atoms with Gasteiger partial charge in [-0.25, -0.2) is 9.59 Å². The molecule has 3 N–H and O–H groups in total. The van der Waals surface area contributed by atoms with Gasteiger partial charge in [0.25, 0.3) is 0 Å². The number of urea groups is 1. The van der Waals surface area contributed by atoms with Gasteiger partial charge in [0.15, 0.2) is 0 Å². The maximum absolute atomic E-state index is 11.3.